The lowest BCUT2D eigenvalue weighted by Crippen LogP contribution is -2.25. The molecule has 0 spiro atoms. The molecule has 0 radical (unpaired) electrons. The molecule has 0 aliphatic carbocycles. The minimum absolute atomic E-state index is 0.244. The molecule has 0 fully saturated rings. The van der Waals surface area contributed by atoms with Crippen molar-refractivity contribution in [3.63, 3.8) is 0 Å². The first-order chi connectivity index (χ1) is 41.3. The monoisotopic (exact) mass is 1110 g/mol. The second kappa shape index (κ2) is 27.6. The smallest absolute Gasteiger partial charge is 0.137 e. The Morgan fingerprint density at radius 3 is 0.869 bits per heavy atom. The van der Waals surface area contributed by atoms with E-state index in [2.05, 4.69) is 24.3 Å². The van der Waals surface area contributed by atoms with E-state index in [0.29, 0.717) is 23.0 Å². The fraction of sp³-hybridized carbons (Fsp3) is 0.0270. The molecular weight excluding hydrogens is 1050 g/mol. The average molecular weight is 1110 g/mol. The van der Waals surface area contributed by atoms with Gasteiger partial charge in [-0.2, -0.15) is 0 Å². The summed E-state index contributed by atoms with van der Waals surface area (Å²) >= 11 is 0. The van der Waals surface area contributed by atoms with Crippen LogP contribution in [0, 0.1) is 11.6 Å². The highest BCUT2D eigenvalue weighted by Crippen LogP contribution is 2.42. The molecule has 12 aromatic carbocycles. The molecule has 84 heavy (non-hydrogen) atoms. The third-order valence-electron chi connectivity index (χ3n) is 13.3. The maximum atomic E-state index is 14.8. The quantitative estimate of drug-likeness (QED) is 0.0730. The van der Waals surface area contributed by atoms with Gasteiger partial charge >= 0.3 is 0 Å². The van der Waals surface area contributed by atoms with Gasteiger partial charge in [0.1, 0.15) is 57.6 Å². The summed E-state index contributed by atoms with van der Waals surface area (Å²) in [5.74, 6) is 16.6. The molecule has 0 aliphatic rings. The Hall–Kier alpha value is -10.8. The maximum Gasteiger partial charge on any atom is 0.137 e. The number of halogens is 2. The normalized spacial score (nSPS) is 10.5. The van der Waals surface area contributed by atoms with E-state index < -0.39 is 11.6 Å². The fourth-order valence-electron chi connectivity index (χ4n) is 9.30. The summed E-state index contributed by atoms with van der Waals surface area (Å²) in [5.41, 5.74) is 9.83. The second-order valence-corrected chi connectivity index (χ2v) is 18.9. The molecule has 0 heterocycles. The largest absolute Gasteiger partial charge is 0.457 e. The summed E-state index contributed by atoms with van der Waals surface area (Å²) in [4.78, 5) is 0. The Labute approximate surface area is 489 Å². The van der Waals surface area contributed by atoms with E-state index in [-0.39, 0.29) is 22.9 Å². The van der Waals surface area contributed by atoms with E-state index >= 15 is 0 Å². The van der Waals surface area contributed by atoms with Crippen LogP contribution in [0.4, 0.5) is 31.5 Å². The fourth-order valence-corrected chi connectivity index (χ4v) is 9.30. The second-order valence-electron chi connectivity index (χ2n) is 18.9. The summed E-state index contributed by atoms with van der Waals surface area (Å²) in [6.45, 7) is 4.00. The molecule has 0 aliphatic heterocycles. The van der Waals surface area contributed by atoms with Crippen LogP contribution >= 0.6 is 0 Å². The van der Waals surface area contributed by atoms with Crippen LogP contribution in [0.2, 0.25) is 0 Å². The summed E-state index contributed by atoms with van der Waals surface area (Å²) in [7, 11) is 0. The lowest BCUT2D eigenvalue weighted by Gasteiger charge is -2.23. The van der Waals surface area contributed by atoms with Crippen molar-refractivity contribution in [3.8, 4) is 90.5 Å². The van der Waals surface area contributed by atoms with Crippen LogP contribution in [0.3, 0.4) is 0 Å². The van der Waals surface area contributed by atoms with Gasteiger partial charge in [0.2, 0.25) is 0 Å². The molecule has 12 rings (SSSR count). The first-order valence-electron chi connectivity index (χ1n) is 27.5. The molecule has 10 heteroatoms. The Kier molecular flexibility index (Phi) is 18.6. The molecule has 0 amide bonds. The zero-order chi connectivity index (χ0) is 58.0. The predicted octanol–water partition coefficient (Wildman–Crippen LogP) is 20.5. The highest BCUT2D eigenvalue weighted by atomic mass is 19.1. The van der Waals surface area contributed by atoms with Gasteiger partial charge in [-0.25, -0.2) is 20.5 Å². The van der Waals surface area contributed by atoms with Crippen molar-refractivity contribution in [1.82, 2.24) is 0 Å². The Balaban J connectivity index is 0.000000182. The van der Waals surface area contributed by atoms with Crippen molar-refractivity contribution < 1.29 is 27.7 Å². The Morgan fingerprint density at radius 2 is 0.524 bits per heavy atom. The number of rotatable bonds is 16. The zero-order valence-corrected chi connectivity index (χ0v) is 46.3. The average Bonchev–Trinajstić information content (AvgIpc) is 3.44. The predicted molar refractivity (Wildman–Crippen MR) is 337 cm³/mol. The minimum atomic E-state index is -0.556. The van der Waals surface area contributed by atoms with Crippen molar-refractivity contribution >= 4 is 22.7 Å². The van der Waals surface area contributed by atoms with Gasteiger partial charge in [-0.15, -0.1) is 0 Å². The maximum absolute atomic E-state index is 14.8. The summed E-state index contributed by atoms with van der Waals surface area (Å²) < 4.78 is 54.6. The van der Waals surface area contributed by atoms with E-state index in [4.69, 9.17) is 30.6 Å². The number of nitrogens with two attached hydrogens (primary N) is 2. The number of nitrogens with zero attached hydrogens (tertiary/aromatic N) is 2. The number of ether oxygens (including phenoxy) is 4. The molecule has 414 valence electrons. The van der Waals surface area contributed by atoms with Crippen molar-refractivity contribution in [2.75, 3.05) is 10.0 Å². The third-order valence-corrected chi connectivity index (χ3v) is 13.3. The lowest BCUT2D eigenvalue weighted by molar-refractivity contribution is 0.478. The van der Waals surface area contributed by atoms with Gasteiger partial charge in [0.05, 0.1) is 22.7 Å². The van der Waals surface area contributed by atoms with Crippen molar-refractivity contribution in [2.45, 2.75) is 13.8 Å². The summed E-state index contributed by atoms with van der Waals surface area (Å²) in [6, 6.07) is 94.8. The molecule has 0 atom stereocenters. The molecule has 4 N–H and O–H groups in total. The van der Waals surface area contributed by atoms with Crippen molar-refractivity contribution in [2.24, 2.45) is 11.7 Å². The zero-order valence-electron chi connectivity index (χ0n) is 46.3. The minimum Gasteiger partial charge on any atom is -0.457 e. The number of hydrogen-bond acceptors (Lipinski definition) is 8. The van der Waals surface area contributed by atoms with Gasteiger partial charge in [0.15, 0.2) is 0 Å². The Morgan fingerprint density at radius 1 is 0.250 bits per heavy atom. The van der Waals surface area contributed by atoms with Crippen molar-refractivity contribution in [1.29, 1.82) is 0 Å². The molecule has 0 saturated heterocycles. The van der Waals surface area contributed by atoms with Gasteiger partial charge in [-0.1, -0.05) is 208 Å². The third kappa shape index (κ3) is 14.2. The van der Waals surface area contributed by atoms with Crippen molar-refractivity contribution in [3.05, 3.63) is 315 Å². The molecule has 0 aromatic heterocycles. The molecule has 0 saturated carbocycles. The molecule has 0 unspecified atom stereocenters. The number of benzene rings is 12. The van der Waals surface area contributed by atoms with Crippen LogP contribution in [0.15, 0.2) is 303 Å². The number of hydrogen-bond donors (Lipinski definition) is 2. The van der Waals surface area contributed by atoms with Crippen LogP contribution in [0.1, 0.15) is 13.8 Å². The van der Waals surface area contributed by atoms with Crippen LogP contribution in [-0.4, -0.2) is 0 Å². The summed E-state index contributed by atoms with van der Waals surface area (Å²) in [5, 5.41) is 2.84. The highest BCUT2D eigenvalue weighted by Gasteiger charge is 2.18. The van der Waals surface area contributed by atoms with E-state index in [1.54, 1.807) is 17.1 Å². The first-order valence-corrected chi connectivity index (χ1v) is 27.5. The van der Waals surface area contributed by atoms with Gasteiger partial charge in [-0.05, 0) is 95.1 Å². The number of para-hydroxylation sites is 4. The van der Waals surface area contributed by atoms with E-state index in [9.17, 15) is 8.78 Å². The SMILES string of the molecule is CC.NN(c1cc(F)cc(Oc2ccccc2-c2ccccc2)c1)c1cc(F)cc(Oc2ccccc2-c2ccccc2)c1.NN(c1ccc(-c2ccccc2)c(Oc2ccccc2)c1)c1ccc(-c2ccccc2)c(Oc2ccccc2)c1. The highest BCUT2D eigenvalue weighted by molar-refractivity contribution is 5.79. The summed E-state index contributed by atoms with van der Waals surface area (Å²) in [6.07, 6.45) is 0. The lowest BCUT2D eigenvalue weighted by atomic mass is 10.0. The van der Waals surface area contributed by atoms with E-state index in [0.717, 1.165) is 67.4 Å². The van der Waals surface area contributed by atoms with Crippen LogP contribution in [0.5, 0.6) is 46.0 Å². The van der Waals surface area contributed by atoms with Crippen LogP contribution in [0.25, 0.3) is 44.5 Å². The molecular formula is C74H60F2N4O4. The Bertz CT molecular complexity index is 3790. The topological polar surface area (TPSA) is 95.4 Å². The van der Waals surface area contributed by atoms with Crippen LogP contribution in [-0.2, 0) is 0 Å². The van der Waals surface area contributed by atoms with Gasteiger partial charge in [-0.3, -0.25) is 10.0 Å². The van der Waals surface area contributed by atoms with E-state index in [1.807, 2.05) is 257 Å². The molecule has 8 nitrogen and oxygen atoms in total. The molecule has 12 aromatic rings. The van der Waals surface area contributed by atoms with E-state index in [1.165, 1.54) is 29.3 Å². The van der Waals surface area contributed by atoms with Crippen LogP contribution < -0.4 is 40.7 Å². The number of anilines is 4. The van der Waals surface area contributed by atoms with Gasteiger partial charge < -0.3 is 18.9 Å². The standard InChI is InChI=1S/C36H26F2N2O2.C36H28N2O2.C2H6/c37-27-19-29(23-31(21-27)41-35-17-9-7-15-33(35)25-11-3-1-4-12-25)40(39)30-20-28(38)22-32(24-30)42-36-18-10-8-16-34(36)26-13-5-2-6-14-26;37-38(29-21-23-33(27-13-5-1-6-14-27)35(25-29)39-31-17-9-3-10-18-31)30-22-24-34(28-15-7-2-8-16-28)36(26-30)40-32-19-11-4-12-20-32;1-2/h1-24H,39H2;1-26H,37H2;1-2H3. The number of hydrazine groups is 2. The van der Waals surface area contributed by atoms with Gasteiger partial charge in [0.25, 0.3) is 0 Å². The first kappa shape index (κ1) is 56.5. The van der Waals surface area contributed by atoms with Gasteiger partial charge in [0, 0.05) is 58.7 Å². The molecule has 0 bridgehead atoms.